The van der Waals surface area contributed by atoms with Crippen LogP contribution in [0.15, 0.2) is 12.5 Å². The van der Waals surface area contributed by atoms with Gasteiger partial charge in [-0.1, -0.05) is 13.3 Å². The SMILES string of the molecule is CC1CCCC1n1cncc1CNC(=O)OC(C)(C)C. The summed E-state index contributed by atoms with van der Waals surface area (Å²) in [6.45, 7) is 8.31. The fraction of sp³-hybridized carbons (Fsp3) is 0.733. The Morgan fingerprint density at radius 2 is 2.25 bits per heavy atom. The number of nitrogens with zero attached hydrogens (tertiary/aromatic N) is 2. The average molecular weight is 279 g/mol. The van der Waals surface area contributed by atoms with Gasteiger partial charge in [0, 0.05) is 12.2 Å². The first-order valence-corrected chi connectivity index (χ1v) is 7.34. The van der Waals surface area contributed by atoms with Gasteiger partial charge >= 0.3 is 6.09 Å². The van der Waals surface area contributed by atoms with Crippen molar-refractivity contribution >= 4 is 6.09 Å². The number of rotatable bonds is 3. The second-order valence-electron chi connectivity index (χ2n) is 6.62. The number of amides is 1. The maximum atomic E-state index is 11.7. The summed E-state index contributed by atoms with van der Waals surface area (Å²) >= 11 is 0. The fourth-order valence-electron chi connectivity index (χ4n) is 2.78. The number of carbonyl (C=O) groups excluding carboxylic acids is 1. The molecule has 20 heavy (non-hydrogen) atoms. The summed E-state index contributed by atoms with van der Waals surface area (Å²) < 4.78 is 7.45. The van der Waals surface area contributed by atoms with E-state index in [9.17, 15) is 4.79 Å². The molecule has 0 saturated heterocycles. The number of imidazole rings is 1. The van der Waals surface area contributed by atoms with Crippen LogP contribution in [-0.2, 0) is 11.3 Å². The van der Waals surface area contributed by atoms with Crippen molar-refractivity contribution in [2.75, 3.05) is 0 Å². The highest BCUT2D eigenvalue weighted by Crippen LogP contribution is 2.35. The molecule has 0 radical (unpaired) electrons. The molecule has 1 aromatic rings. The third-order valence-corrected chi connectivity index (χ3v) is 3.73. The van der Waals surface area contributed by atoms with E-state index in [0.29, 0.717) is 18.5 Å². The third-order valence-electron chi connectivity index (χ3n) is 3.73. The summed E-state index contributed by atoms with van der Waals surface area (Å²) in [5, 5.41) is 2.80. The second-order valence-corrected chi connectivity index (χ2v) is 6.62. The molecular weight excluding hydrogens is 254 g/mol. The van der Waals surface area contributed by atoms with E-state index in [-0.39, 0.29) is 6.09 Å². The van der Waals surface area contributed by atoms with Crippen molar-refractivity contribution < 1.29 is 9.53 Å². The number of nitrogens with one attached hydrogen (secondary N) is 1. The lowest BCUT2D eigenvalue weighted by Gasteiger charge is -2.22. The predicted molar refractivity (Wildman–Crippen MR) is 77.4 cm³/mol. The lowest BCUT2D eigenvalue weighted by Crippen LogP contribution is -2.32. The van der Waals surface area contributed by atoms with E-state index in [4.69, 9.17) is 4.74 Å². The minimum absolute atomic E-state index is 0.385. The highest BCUT2D eigenvalue weighted by atomic mass is 16.6. The first-order valence-electron chi connectivity index (χ1n) is 7.34. The van der Waals surface area contributed by atoms with Gasteiger partial charge in [-0.25, -0.2) is 9.78 Å². The summed E-state index contributed by atoms with van der Waals surface area (Å²) in [5.41, 5.74) is 0.569. The summed E-state index contributed by atoms with van der Waals surface area (Å²) in [7, 11) is 0. The molecule has 0 bridgehead atoms. The summed E-state index contributed by atoms with van der Waals surface area (Å²) in [5.74, 6) is 0.671. The molecule has 0 spiro atoms. The van der Waals surface area contributed by atoms with Gasteiger partial charge in [0.15, 0.2) is 0 Å². The molecular formula is C15H25N3O2. The number of alkyl carbamates (subject to hydrolysis) is 1. The van der Waals surface area contributed by atoms with Gasteiger partial charge < -0.3 is 14.6 Å². The molecule has 5 nitrogen and oxygen atoms in total. The van der Waals surface area contributed by atoms with Crippen molar-refractivity contribution in [3.05, 3.63) is 18.2 Å². The molecule has 2 atom stereocenters. The molecule has 1 aliphatic carbocycles. The molecule has 2 rings (SSSR count). The van der Waals surface area contributed by atoms with Crippen LogP contribution < -0.4 is 5.32 Å². The molecule has 1 saturated carbocycles. The van der Waals surface area contributed by atoms with Gasteiger partial charge in [-0.3, -0.25) is 0 Å². The Labute approximate surface area is 120 Å². The van der Waals surface area contributed by atoms with Gasteiger partial charge in [0.2, 0.25) is 0 Å². The van der Waals surface area contributed by atoms with Gasteiger partial charge in [0.1, 0.15) is 5.60 Å². The van der Waals surface area contributed by atoms with Crippen LogP contribution in [0, 0.1) is 5.92 Å². The molecule has 0 aromatic carbocycles. The predicted octanol–water partition coefficient (Wildman–Crippen LogP) is 3.27. The van der Waals surface area contributed by atoms with E-state index in [2.05, 4.69) is 21.8 Å². The number of carbonyl (C=O) groups is 1. The van der Waals surface area contributed by atoms with Gasteiger partial charge in [-0.15, -0.1) is 0 Å². The zero-order chi connectivity index (χ0) is 14.8. The van der Waals surface area contributed by atoms with Crippen LogP contribution in [0.4, 0.5) is 4.79 Å². The van der Waals surface area contributed by atoms with Crippen LogP contribution in [0.2, 0.25) is 0 Å². The number of ether oxygens (including phenoxy) is 1. The van der Waals surface area contributed by atoms with Gasteiger partial charge in [-0.2, -0.15) is 0 Å². The second kappa shape index (κ2) is 5.85. The number of aromatic nitrogens is 2. The van der Waals surface area contributed by atoms with Crippen LogP contribution in [0.5, 0.6) is 0 Å². The van der Waals surface area contributed by atoms with Gasteiger partial charge in [-0.05, 0) is 39.5 Å². The lowest BCUT2D eigenvalue weighted by atomic mass is 10.1. The molecule has 112 valence electrons. The highest BCUT2D eigenvalue weighted by molar-refractivity contribution is 5.67. The molecule has 1 amide bonds. The average Bonchev–Trinajstić information content (AvgIpc) is 2.92. The Hall–Kier alpha value is -1.52. The number of hydrogen-bond donors (Lipinski definition) is 1. The largest absolute Gasteiger partial charge is 0.444 e. The monoisotopic (exact) mass is 279 g/mol. The van der Waals surface area contributed by atoms with Crippen LogP contribution in [-0.4, -0.2) is 21.2 Å². The summed E-state index contributed by atoms with van der Waals surface area (Å²) in [6, 6.07) is 0.507. The standard InChI is InChI=1S/C15H25N3O2/c1-11-6-5-7-13(11)18-10-16-8-12(18)9-17-14(19)20-15(2,3)4/h8,10-11,13H,5-7,9H2,1-4H3,(H,17,19). The smallest absolute Gasteiger partial charge is 0.407 e. The Kier molecular flexibility index (Phi) is 4.35. The molecule has 5 heteroatoms. The molecule has 0 aliphatic heterocycles. The molecule has 1 aromatic heterocycles. The van der Waals surface area contributed by atoms with Crippen molar-refractivity contribution in [3.63, 3.8) is 0 Å². The fourth-order valence-corrected chi connectivity index (χ4v) is 2.78. The van der Waals surface area contributed by atoms with E-state index < -0.39 is 5.60 Å². The summed E-state index contributed by atoms with van der Waals surface area (Å²) in [4.78, 5) is 15.9. The van der Waals surface area contributed by atoms with Crippen molar-refractivity contribution in [3.8, 4) is 0 Å². The first kappa shape index (κ1) is 14.9. The van der Waals surface area contributed by atoms with E-state index >= 15 is 0 Å². The highest BCUT2D eigenvalue weighted by Gasteiger charge is 2.26. The normalized spacial score (nSPS) is 22.8. The van der Waals surface area contributed by atoms with Crippen molar-refractivity contribution in [2.45, 2.75) is 65.1 Å². The lowest BCUT2D eigenvalue weighted by molar-refractivity contribution is 0.0522. The maximum absolute atomic E-state index is 11.7. The minimum Gasteiger partial charge on any atom is -0.444 e. The minimum atomic E-state index is -0.468. The van der Waals surface area contributed by atoms with E-state index in [1.165, 1.54) is 19.3 Å². The Balaban J connectivity index is 1.94. The Morgan fingerprint density at radius 3 is 2.85 bits per heavy atom. The van der Waals surface area contributed by atoms with Crippen LogP contribution in [0.3, 0.4) is 0 Å². The number of hydrogen-bond acceptors (Lipinski definition) is 3. The zero-order valence-electron chi connectivity index (χ0n) is 12.8. The van der Waals surface area contributed by atoms with Crippen molar-refractivity contribution in [2.24, 2.45) is 5.92 Å². The van der Waals surface area contributed by atoms with Crippen molar-refractivity contribution in [1.29, 1.82) is 0 Å². The third kappa shape index (κ3) is 3.74. The quantitative estimate of drug-likeness (QED) is 0.924. The summed E-state index contributed by atoms with van der Waals surface area (Å²) in [6.07, 6.45) is 7.03. The van der Waals surface area contributed by atoms with Crippen LogP contribution in [0.25, 0.3) is 0 Å². The van der Waals surface area contributed by atoms with E-state index in [0.717, 1.165) is 5.69 Å². The van der Waals surface area contributed by atoms with Crippen molar-refractivity contribution in [1.82, 2.24) is 14.9 Å². The van der Waals surface area contributed by atoms with Crippen LogP contribution >= 0.6 is 0 Å². The zero-order valence-corrected chi connectivity index (χ0v) is 12.8. The Bertz CT molecular complexity index is 462. The first-order chi connectivity index (χ1) is 9.37. The van der Waals surface area contributed by atoms with E-state index in [1.807, 2.05) is 33.3 Å². The topological polar surface area (TPSA) is 56.2 Å². The molecule has 1 fully saturated rings. The molecule has 1 aliphatic rings. The molecule has 1 heterocycles. The van der Waals surface area contributed by atoms with Gasteiger partial charge in [0.25, 0.3) is 0 Å². The van der Waals surface area contributed by atoms with E-state index in [1.54, 1.807) is 0 Å². The molecule has 2 unspecified atom stereocenters. The van der Waals surface area contributed by atoms with Crippen LogP contribution in [0.1, 0.15) is 58.7 Å². The van der Waals surface area contributed by atoms with Gasteiger partial charge in [0.05, 0.1) is 18.6 Å². The Morgan fingerprint density at radius 1 is 1.50 bits per heavy atom. The maximum Gasteiger partial charge on any atom is 0.407 e. The molecule has 1 N–H and O–H groups in total.